The molecule has 1 heterocycles. The van der Waals surface area contributed by atoms with Crippen molar-refractivity contribution in [1.82, 2.24) is 9.97 Å². The topological polar surface area (TPSA) is 79.8 Å². The average molecular weight is 394 g/mol. The molecule has 0 N–H and O–H groups in total. The Morgan fingerprint density at radius 3 is 2.26 bits per heavy atom. The molecule has 0 radical (unpaired) electrons. The fourth-order valence-electron chi connectivity index (χ4n) is 2.52. The molecule has 2 rings (SSSR count). The maximum absolute atomic E-state index is 12.7. The summed E-state index contributed by atoms with van der Waals surface area (Å²) in [5.41, 5.74) is 2.56. The van der Waals surface area contributed by atoms with Crippen LogP contribution in [-0.2, 0) is 24.5 Å². The zero-order chi connectivity index (χ0) is 19.7. The SMILES string of the molecule is CCOP(=O)(Cc1ccc(-c2cc(OCCOC)nc(C)n2)cc1)OCC. The van der Waals surface area contributed by atoms with E-state index in [1.165, 1.54) is 0 Å². The molecule has 8 heteroatoms. The first-order valence-electron chi connectivity index (χ1n) is 8.94. The van der Waals surface area contributed by atoms with Crippen LogP contribution in [0.2, 0.25) is 0 Å². The first kappa shape index (κ1) is 21.5. The molecule has 0 bridgehead atoms. The van der Waals surface area contributed by atoms with E-state index < -0.39 is 7.60 Å². The number of aromatic nitrogens is 2. The normalized spacial score (nSPS) is 11.6. The maximum Gasteiger partial charge on any atom is 0.335 e. The lowest BCUT2D eigenvalue weighted by Gasteiger charge is -2.17. The van der Waals surface area contributed by atoms with E-state index in [0.717, 1.165) is 16.8 Å². The molecule has 0 aliphatic heterocycles. The van der Waals surface area contributed by atoms with Gasteiger partial charge >= 0.3 is 7.60 Å². The van der Waals surface area contributed by atoms with Crippen LogP contribution in [0.5, 0.6) is 5.88 Å². The summed E-state index contributed by atoms with van der Waals surface area (Å²) in [4.78, 5) is 8.75. The Morgan fingerprint density at radius 2 is 1.67 bits per heavy atom. The highest BCUT2D eigenvalue weighted by atomic mass is 31.2. The van der Waals surface area contributed by atoms with E-state index in [1.54, 1.807) is 27.0 Å². The number of benzene rings is 1. The third-order valence-electron chi connectivity index (χ3n) is 3.63. The van der Waals surface area contributed by atoms with Crippen LogP contribution in [0.25, 0.3) is 11.3 Å². The highest BCUT2D eigenvalue weighted by Crippen LogP contribution is 2.51. The van der Waals surface area contributed by atoms with E-state index in [4.69, 9.17) is 18.5 Å². The van der Waals surface area contributed by atoms with E-state index in [-0.39, 0.29) is 6.16 Å². The van der Waals surface area contributed by atoms with Crippen molar-refractivity contribution in [3.05, 3.63) is 41.7 Å². The number of nitrogens with zero attached hydrogens (tertiary/aromatic N) is 2. The van der Waals surface area contributed by atoms with E-state index in [9.17, 15) is 4.57 Å². The number of aryl methyl sites for hydroxylation is 1. The third kappa shape index (κ3) is 6.70. The quantitative estimate of drug-likeness (QED) is 0.416. The number of hydrogen-bond acceptors (Lipinski definition) is 7. The van der Waals surface area contributed by atoms with Gasteiger partial charge in [-0.2, -0.15) is 4.98 Å². The molecule has 7 nitrogen and oxygen atoms in total. The second-order valence-corrected chi connectivity index (χ2v) is 7.84. The molecule has 0 saturated heterocycles. The largest absolute Gasteiger partial charge is 0.475 e. The van der Waals surface area contributed by atoms with Crippen LogP contribution < -0.4 is 4.74 Å². The molecule has 0 aliphatic rings. The molecule has 0 fully saturated rings. The predicted molar refractivity (Wildman–Crippen MR) is 104 cm³/mol. The molecule has 2 aromatic rings. The summed E-state index contributed by atoms with van der Waals surface area (Å²) in [6.07, 6.45) is 0.239. The molecule has 148 valence electrons. The Kier molecular flexibility index (Phi) is 8.38. The van der Waals surface area contributed by atoms with E-state index in [0.29, 0.717) is 38.1 Å². The lowest BCUT2D eigenvalue weighted by Crippen LogP contribution is -2.06. The van der Waals surface area contributed by atoms with Crippen molar-refractivity contribution >= 4 is 7.60 Å². The Hall–Kier alpha value is -1.79. The van der Waals surface area contributed by atoms with Crippen LogP contribution in [0.3, 0.4) is 0 Å². The standard InChI is InChI=1S/C19H27N2O5P/c1-5-25-27(22,26-6-2)14-16-7-9-17(10-8-16)18-13-19(21-15(3)20-18)24-12-11-23-4/h7-10,13H,5-6,11-12,14H2,1-4H3. The number of rotatable bonds is 11. The fraction of sp³-hybridized carbons (Fsp3) is 0.474. The minimum atomic E-state index is -3.12. The summed E-state index contributed by atoms with van der Waals surface area (Å²) in [6.45, 7) is 7.05. The zero-order valence-corrected chi connectivity index (χ0v) is 17.2. The van der Waals surface area contributed by atoms with Gasteiger partial charge in [0.1, 0.15) is 12.4 Å². The third-order valence-corrected chi connectivity index (χ3v) is 5.68. The van der Waals surface area contributed by atoms with Gasteiger partial charge in [0.2, 0.25) is 5.88 Å². The van der Waals surface area contributed by atoms with Crippen LogP contribution in [0, 0.1) is 6.92 Å². The second-order valence-electron chi connectivity index (χ2n) is 5.78. The summed E-state index contributed by atoms with van der Waals surface area (Å²) in [7, 11) is -1.49. The predicted octanol–water partition coefficient (Wildman–Crippen LogP) is 4.24. The van der Waals surface area contributed by atoms with Gasteiger partial charge in [0.15, 0.2) is 0 Å². The summed E-state index contributed by atoms with van der Waals surface area (Å²) in [6, 6.07) is 9.46. The van der Waals surface area contributed by atoms with Gasteiger partial charge in [-0.15, -0.1) is 0 Å². The molecular weight excluding hydrogens is 367 g/mol. The molecule has 0 aliphatic carbocycles. The van der Waals surface area contributed by atoms with Crippen molar-refractivity contribution in [2.45, 2.75) is 26.9 Å². The monoisotopic (exact) mass is 394 g/mol. The minimum absolute atomic E-state index is 0.239. The van der Waals surface area contributed by atoms with Crippen molar-refractivity contribution in [2.24, 2.45) is 0 Å². The number of hydrogen-bond donors (Lipinski definition) is 0. The molecule has 0 saturated carbocycles. The minimum Gasteiger partial charge on any atom is -0.475 e. The van der Waals surface area contributed by atoms with Gasteiger partial charge < -0.3 is 18.5 Å². The lowest BCUT2D eigenvalue weighted by atomic mass is 10.1. The van der Waals surface area contributed by atoms with Crippen LogP contribution in [0.1, 0.15) is 25.2 Å². The van der Waals surface area contributed by atoms with Gasteiger partial charge in [-0.3, -0.25) is 4.57 Å². The highest BCUT2D eigenvalue weighted by Gasteiger charge is 2.23. The van der Waals surface area contributed by atoms with Crippen molar-refractivity contribution in [3.63, 3.8) is 0 Å². The number of methoxy groups -OCH3 is 1. The first-order valence-corrected chi connectivity index (χ1v) is 10.7. The van der Waals surface area contributed by atoms with Crippen LogP contribution in [0.15, 0.2) is 30.3 Å². The lowest BCUT2D eigenvalue weighted by molar-refractivity contribution is 0.143. The molecule has 0 unspecified atom stereocenters. The molecule has 0 atom stereocenters. The molecule has 1 aromatic heterocycles. The average Bonchev–Trinajstić information content (AvgIpc) is 2.62. The van der Waals surface area contributed by atoms with Crippen LogP contribution in [0.4, 0.5) is 0 Å². The summed E-state index contributed by atoms with van der Waals surface area (Å²) >= 11 is 0. The maximum atomic E-state index is 12.7. The second kappa shape index (κ2) is 10.5. The Bertz CT molecular complexity index is 757. The van der Waals surface area contributed by atoms with Gasteiger partial charge in [0.05, 0.1) is 31.7 Å². The number of ether oxygens (including phenoxy) is 2. The Labute approximate surface area is 160 Å². The van der Waals surface area contributed by atoms with Gasteiger partial charge in [-0.1, -0.05) is 24.3 Å². The zero-order valence-electron chi connectivity index (χ0n) is 16.3. The molecule has 0 spiro atoms. The summed E-state index contributed by atoms with van der Waals surface area (Å²) < 4.78 is 33.9. The highest BCUT2D eigenvalue weighted by molar-refractivity contribution is 7.53. The Morgan fingerprint density at radius 1 is 1.00 bits per heavy atom. The smallest absolute Gasteiger partial charge is 0.335 e. The van der Waals surface area contributed by atoms with Crippen molar-refractivity contribution in [3.8, 4) is 17.1 Å². The van der Waals surface area contributed by atoms with Gasteiger partial charge in [0, 0.05) is 18.7 Å². The van der Waals surface area contributed by atoms with Gasteiger partial charge in [0.25, 0.3) is 0 Å². The van der Waals surface area contributed by atoms with Crippen molar-refractivity contribution < 1.29 is 23.1 Å². The Balaban J connectivity index is 2.15. The molecule has 1 aromatic carbocycles. The van der Waals surface area contributed by atoms with E-state index >= 15 is 0 Å². The van der Waals surface area contributed by atoms with E-state index in [1.807, 2.05) is 31.2 Å². The van der Waals surface area contributed by atoms with E-state index in [2.05, 4.69) is 9.97 Å². The fourth-order valence-corrected chi connectivity index (χ4v) is 4.22. The van der Waals surface area contributed by atoms with Gasteiger partial charge in [-0.05, 0) is 26.3 Å². The van der Waals surface area contributed by atoms with Crippen LogP contribution in [-0.4, -0.2) is 43.5 Å². The van der Waals surface area contributed by atoms with Crippen molar-refractivity contribution in [2.75, 3.05) is 33.5 Å². The molecule has 0 amide bonds. The van der Waals surface area contributed by atoms with Crippen molar-refractivity contribution in [1.29, 1.82) is 0 Å². The summed E-state index contributed by atoms with van der Waals surface area (Å²) in [5.74, 6) is 1.14. The first-order chi connectivity index (χ1) is 13.0. The summed E-state index contributed by atoms with van der Waals surface area (Å²) in [5, 5.41) is 0. The molecular formula is C19H27N2O5P. The van der Waals surface area contributed by atoms with Gasteiger partial charge in [-0.25, -0.2) is 4.98 Å². The molecule has 27 heavy (non-hydrogen) atoms. The van der Waals surface area contributed by atoms with Crippen LogP contribution >= 0.6 is 7.60 Å².